The molecule has 0 fully saturated rings. The number of anilines is 1. The summed E-state index contributed by atoms with van der Waals surface area (Å²) in [5, 5.41) is 8.26. The summed E-state index contributed by atoms with van der Waals surface area (Å²) in [5.41, 5.74) is 3.70. The number of benzene rings is 1. The average Bonchev–Trinajstić information content (AvgIpc) is 3.09. The van der Waals surface area contributed by atoms with Crippen LogP contribution in [0.4, 0.5) is 5.82 Å². The van der Waals surface area contributed by atoms with Crippen molar-refractivity contribution < 1.29 is 0 Å². The highest BCUT2D eigenvalue weighted by Gasteiger charge is 2.23. The van der Waals surface area contributed by atoms with Crippen LogP contribution >= 0.6 is 11.6 Å². The molecule has 3 aromatic rings. The Morgan fingerprint density at radius 1 is 1.24 bits per heavy atom. The van der Waals surface area contributed by atoms with E-state index in [1.807, 2.05) is 6.92 Å². The van der Waals surface area contributed by atoms with Crippen molar-refractivity contribution in [1.82, 2.24) is 19.6 Å². The molecular formula is C15H14ClN5. The number of hydrogen-bond acceptors (Lipinski definition) is 4. The number of hydrogen-bond donors (Lipinski definition) is 1. The van der Waals surface area contributed by atoms with Crippen molar-refractivity contribution in [2.45, 2.75) is 25.8 Å². The maximum absolute atomic E-state index is 6.19. The first-order chi connectivity index (χ1) is 10.2. The zero-order valence-electron chi connectivity index (χ0n) is 11.5. The molecule has 1 aromatic carbocycles. The van der Waals surface area contributed by atoms with Crippen LogP contribution in [-0.2, 0) is 12.8 Å². The van der Waals surface area contributed by atoms with Crippen LogP contribution in [0.1, 0.15) is 16.7 Å². The molecule has 0 unspecified atom stereocenters. The predicted molar refractivity (Wildman–Crippen MR) is 81.8 cm³/mol. The molecule has 2 heterocycles. The Hall–Kier alpha value is -2.14. The number of nitrogens with zero attached hydrogens (tertiary/aromatic N) is 4. The van der Waals surface area contributed by atoms with E-state index in [1.54, 1.807) is 4.52 Å². The second kappa shape index (κ2) is 4.70. The van der Waals surface area contributed by atoms with E-state index in [2.05, 4.69) is 44.6 Å². The number of rotatable bonds is 2. The van der Waals surface area contributed by atoms with E-state index >= 15 is 0 Å². The van der Waals surface area contributed by atoms with Gasteiger partial charge in [-0.15, -0.1) is 0 Å². The molecule has 106 valence electrons. The Morgan fingerprint density at radius 2 is 1.95 bits per heavy atom. The summed E-state index contributed by atoms with van der Waals surface area (Å²) in [6, 6.07) is 8.90. The topological polar surface area (TPSA) is 55.1 Å². The van der Waals surface area contributed by atoms with E-state index in [0.717, 1.165) is 24.2 Å². The molecule has 1 N–H and O–H groups in total. The average molecular weight is 300 g/mol. The van der Waals surface area contributed by atoms with Gasteiger partial charge in [-0.1, -0.05) is 35.9 Å². The van der Waals surface area contributed by atoms with E-state index in [0.29, 0.717) is 17.0 Å². The van der Waals surface area contributed by atoms with E-state index in [1.165, 1.54) is 17.5 Å². The van der Waals surface area contributed by atoms with Gasteiger partial charge in [0.2, 0.25) is 0 Å². The van der Waals surface area contributed by atoms with Crippen molar-refractivity contribution >= 4 is 23.2 Å². The van der Waals surface area contributed by atoms with Gasteiger partial charge in [-0.3, -0.25) is 0 Å². The van der Waals surface area contributed by atoms with E-state index in [4.69, 9.17) is 11.6 Å². The second-order valence-electron chi connectivity index (χ2n) is 5.37. The molecule has 21 heavy (non-hydrogen) atoms. The lowest BCUT2D eigenvalue weighted by molar-refractivity contribution is 0.754. The Balaban J connectivity index is 1.70. The van der Waals surface area contributed by atoms with Gasteiger partial charge in [0.15, 0.2) is 0 Å². The zero-order chi connectivity index (χ0) is 14.4. The first-order valence-corrected chi connectivity index (χ1v) is 7.29. The Labute approximate surface area is 127 Å². The van der Waals surface area contributed by atoms with Gasteiger partial charge in [0.25, 0.3) is 5.78 Å². The van der Waals surface area contributed by atoms with E-state index in [9.17, 15) is 0 Å². The van der Waals surface area contributed by atoms with Gasteiger partial charge in [-0.25, -0.2) is 0 Å². The Bertz CT molecular complexity index is 801. The third kappa shape index (κ3) is 2.05. The predicted octanol–water partition coefficient (Wildman–Crippen LogP) is 2.67. The fourth-order valence-electron chi connectivity index (χ4n) is 2.92. The van der Waals surface area contributed by atoms with Crippen LogP contribution < -0.4 is 5.32 Å². The maximum Gasteiger partial charge on any atom is 0.255 e. The van der Waals surface area contributed by atoms with Crippen molar-refractivity contribution in [2.75, 3.05) is 5.32 Å². The lowest BCUT2D eigenvalue weighted by Crippen LogP contribution is -2.22. The van der Waals surface area contributed by atoms with E-state index < -0.39 is 0 Å². The van der Waals surface area contributed by atoms with Crippen molar-refractivity contribution in [3.63, 3.8) is 0 Å². The highest BCUT2D eigenvalue weighted by atomic mass is 35.5. The highest BCUT2D eigenvalue weighted by Crippen LogP contribution is 2.27. The van der Waals surface area contributed by atoms with Gasteiger partial charge in [-0.2, -0.15) is 19.6 Å². The van der Waals surface area contributed by atoms with Crippen LogP contribution in [0.5, 0.6) is 0 Å². The van der Waals surface area contributed by atoms with Gasteiger partial charge >= 0.3 is 0 Å². The van der Waals surface area contributed by atoms with E-state index in [-0.39, 0.29) is 0 Å². The highest BCUT2D eigenvalue weighted by molar-refractivity contribution is 6.30. The molecule has 0 saturated heterocycles. The van der Waals surface area contributed by atoms with Gasteiger partial charge in [0, 0.05) is 11.6 Å². The number of fused-ring (bicyclic) bond motifs is 2. The fourth-order valence-corrected chi connectivity index (χ4v) is 3.09. The fraction of sp³-hybridized carbons (Fsp3) is 0.267. The summed E-state index contributed by atoms with van der Waals surface area (Å²) in [5.74, 6) is 1.39. The number of nitrogens with one attached hydrogen (secondary N) is 1. The lowest BCUT2D eigenvalue weighted by atomic mass is 10.1. The summed E-state index contributed by atoms with van der Waals surface area (Å²) in [6.07, 6.45) is 3.50. The molecule has 0 atom stereocenters. The third-order valence-corrected chi connectivity index (χ3v) is 4.36. The van der Waals surface area contributed by atoms with Crippen LogP contribution in [-0.4, -0.2) is 25.6 Å². The van der Waals surface area contributed by atoms with Crippen LogP contribution in [0.15, 0.2) is 30.6 Å². The summed E-state index contributed by atoms with van der Waals surface area (Å²) in [4.78, 5) is 8.34. The molecule has 1 aliphatic carbocycles. The molecule has 5 nitrogen and oxygen atoms in total. The summed E-state index contributed by atoms with van der Waals surface area (Å²) < 4.78 is 1.71. The minimum atomic E-state index is 0.340. The van der Waals surface area contributed by atoms with Crippen molar-refractivity contribution in [1.29, 1.82) is 0 Å². The minimum Gasteiger partial charge on any atom is -0.366 e. The van der Waals surface area contributed by atoms with Crippen molar-refractivity contribution in [3.05, 3.63) is 52.4 Å². The first-order valence-electron chi connectivity index (χ1n) is 6.91. The van der Waals surface area contributed by atoms with Gasteiger partial charge in [0.05, 0.1) is 0 Å². The lowest BCUT2D eigenvalue weighted by Gasteiger charge is -2.16. The monoisotopic (exact) mass is 299 g/mol. The quantitative estimate of drug-likeness (QED) is 0.739. The smallest absolute Gasteiger partial charge is 0.255 e. The first kappa shape index (κ1) is 12.6. The number of halogens is 1. The number of aromatic nitrogens is 4. The Morgan fingerprint density at radius 3 is 2.67 bits per heavy atom. The van der Waals surface area contributed by atoms with Gasteiger partial charge < -0.3 is 5.32 Å². The largest absolute Gasteiger partial charge is 0.366 e. The summed E-state index contributed by atoms with van der Waals surface area (Å²) >= 11 is 6.19. The van der Waals surface area contributed by atoms with Crippen LogP contribution in [0.3, 0.4) is 0 Å². The maximum atomic E-state index is 6.19. The molecule has 0 aliphatic heterocycles. The molecule has 0 amide bonds. The molecule has 4 rings (SSSR count). The van der Waals surface area contributed by atoms with Crippen LogP contribution in [0, 0.1) is 6.92 Å². The molecule has 0 spiro atoms. The van der Waals surface area contributed by atoms with Crippen molar-refractivity contribution in [2.24, 2.45) is 0 Å². The molecule has 0 radical (unpaired) electrons. The van der Waals surface area contributed by atoms with Gasteiger partial charge in [0.1, 0.15) is 17.3 Å². The molecular weight excluding hydrogens is 286 g/mol. The van der Waals surface area contributed by atoms with Crippen LogP contribution in [0.25, 0.3) is 5.78 Å². The zero-order valence-corrected chi connectivity index (χ0v) is 12.3. The third-order valence-electron chi connectivity index (χ3n) is 4.00. The van der Waals surface area contributed by atoms with Crippen molar-refractivity contribution in [3.8, 4) is 0 Å². The van der Waals surface area contributed by atoms with Crippen LogP contribution in [0.2, 0.25) is 5.15 Å². The Kier molecular flexibility index (Phi) is 2.82. The normalized spacial score (nSPS) is 14.6. The standard InChI is InChI=1S/C15H14ClN5/c1-9-13(16)20-15-17-8-18-21(15)14(9)19-12-6-10-4-2-3-5-11(10)7-12/h2-5,8,12,19H,6-7H2,1H3. The molecule has 1 aliphatic rings. The molecule has 6 heteroatoms. The minimum absolute atomic E-state index is 0.340. The second-order valence-corrected chi connectivity index (χ2v) is 5.72. The molecule has 0 saturated carbocycles. The summed E-state index contributed by atoms with van der Waals surface area (Å²) in [7, 11) is 0. The summed E-state index contributed by atoms with van der Waals surface area (Å²) in [6.45, 7) is 1.95. The molecule has 2 aromatic heterocycles. The molecule has 0 bridgehead atoms. The SMILES string of the molecule is Cc1c(Cl)nc2ncnn2c1NC1Cc2ccccc2C1. The van der Waals surface area contributed by atoms with Gasteiger partial charge in [-0.05, 0) is 30.9 Å².